The quantitative estimate of drug-likeness (QED) is 0.336. The van der Waals surface area contributed by atoms with Gasteiger partial charge in [-0.2, -0.15) is 5.10 Å². The molecule has 0 bridgehead atoms. The lowest BCUT2D eigenvalue weighted by atomic mass is 10.0. The molecule has 3 aromatic carbocycles. The average molecular weight is 487 g/mol. The zero-order chi connectivity index (χ0) is 24.0. The molecule has 1 saturated heterocycles. The molecule has 0 radical (unpaired) electrons. The van der Waals surface area contributed by atoms with Crippen LogP contribution in [0.25, 0.3) is 10.9 Å². The fourth-order valence-electron chi connectivity index (χ4n) is 4.92. The first-order chi connectivity index (χ1) is 17.2. The summed E-state index contributed by atoms with van der Waals surface area (Å²) >= 11 is 6.05. The molecule has 1 atom stereocenters. The summed E-state index contributed by atoms with van der Waals surface area (Å²) in [5.41, 5.74) is 3.74. The summed E-state index contributed by atoms with van der Waals surface area (Å²) in [7, 11) is 0. The van der Waals surface area contributed by atoms with E-state index < -0.39 is 0 Å². The molecule has 1 unspecified atom stereocenters. The number of hydrogen-bond acceptors (Lipinski definition) is 3. The second kappa shape index (κ2) is 11.1. The van der Waals surface area contributed by atoms with Gasteiger partial charge in [0.05, 0.1) is 18.1 Å². The third-order valence-corrected chi connectivity index (χ3v) is 7.02. The number of fused-ring (bicyclic) bond motifs is 1. The molecule has 0 saturated carbocycles. The molecule has 1 aromatic heterocycles. The van der Waals surface area contributed by atoms with Crippen LogP contribution >= 0.6 is 11.6 Å². The number of aromatic nitrogens is 2. The van der Waals surface area contributed by atoms with Crippen LogP contribution in [0.5, 0.6) is 0 Å². The summed E-state index contributed by atoms with van der Waals surface area (Å²) in [6.07, 6.45) is 7.21. The zero-order valence-corrected chi connectivity index (χ0v) is 20.6. The number of carbonyl (C=O) groups is 1. The van der Waals surface area contributed by atoms with Crippen molar-refractivity contribution in [3.8, 4) is 0 Å². The predicted molar refractivity (Wildman–Crippen MR) is 142 cm³/mol. The highest BCUT2D eigenvalue weighted by atomic mass is 35.5. The van der Waals surface area contributed by atoms with Crippen molar-refractivity contribution in [1.82, 2.24) is 20.0 Å². The van der Waals surface area contributed by atoms with E-state index in [2.05, 4.69) is 46.7 Å². The number of likely N-dealkylation sites (tertiary alicyclic amines) is 1. The third-order valence-electron chi connectivity index (χ3n) is 6.78. The molecule has 1 aliphatic heterocycles. The predicted octanol–water partition coefficient (Wildman–Crippen LogP) is 6.24. The fourth-order valence-corrected chi connectivity index (χ4v) is 5.14. The number of hydrogen-bond donors (Lipinski definition) is 1. The van der Waals surface area contributed by atoms with E-state index >= 15 is 0 Å². The Morgan fingerprint density at radius 2 is 1.74 bits per heavy atom. The summed E-state index contributed by atoms with van der Waals surface area (Å²) in [5, 5.41) is 9.54. The van der Waals surface area contributed by atoms with Crippen molar-refractivity contribution in [2.24, 2.45) is 0 Å². The minimum absolute atomic E-state index is 0.117. The van der Waals surface area contributed by atoms with Gasteiger partial charge in [-0.1, -0.05) is 73.0 Å². The van der Waals surface area contributed by atoms with Crippen LogP contribution in [0.15, 0.2) is 79.0 Å². The number of nitrogens with zero attached hydrogens (tertiary/aromatic N) is 3. The Labute approximate surface area is 211 Å². The summed E-state index contributed by atoms with van der Waals surface area (Å²) in [5.74, 6) is -0.117. The molecule has 0 aliphatic carbocycles. The Kier molecular flexibility index (Phi) is 7.45. The highest BCUT2D eigenvalue weighted by Crippen LogP contribution is 2.27. The van der Waals surface area contributed by atoms with E-state index in [1.54, 1.807) is 0 Å². The maximum atomic E-state index is 12.8. The smallest absolute Gasteiger partial charge is 0.251 e. The Balaban J connectivity index is 1.33. The standard InChI is InChI=1S/C29H31ClN4O/c30-26-12-8-9-22(17-26)19-31-29(35)24-13-14-25-20-34(32-27(25)18-24)21-28(23-10-4-3-5-11-23)33-15-6-1-2-7-16-33/h3-5,8-14,17-18,20,28H,1-2,6-7,15-16,19,21H2,(H,31,35). The van der Waals surface area contributed by atoms with Crippen molar-refractivity contribution in [2.75, 3.05) is 13.1 Å². The Morgan fingerprint density at radius 1 is 0.943 bits per heavy atom. The number of rotatable bonds is 7. The molecule has 2 heterocycles. The van der Waals surface area contributed by atoms with E-state index in [0.29, 0.717) is 17.1 Å². The Morgan fingerprint density at radius 3 is 2.51 bits per heavy atom. The van der Waals surface area contributed by atoms with E-state index in [9.17, 15) is 4.79 Å². The summed E-state index contributed by atoms with van der Waals surface area (Å²) in [6, 6.07) is 24.3. The largest absolute Gasteiger partial charge is 0.348 e. The average Bonchev–Trinajstić information content (AvgIpc) is 3.09. The lowest BCUT2D eigenvalue weighted by Gasteiger charge is -2.31. The second-order valence-corrected chi connectivity index (χ2v) is 9.75. The normalized spacial score (nSPS) is 15.6. The summed E-state index contributed by atoms with van der Waals surface area (Å²) in [6.45, 7) is 3.46. The highest BCUT2D eigenvalue weighted by Gasteiger charge is 2.22. The SMILES string of the molecule is O=C(NCc1cccc(Cl)c1)c1ccc2cn(CC(c3ccccc3)N3CCCCCC3)nc2c1. The van der Waals surface area contributed by atoms with Crippen molar-refractivity contribution in [1.29, 1.82) is 0 Å². The van der Waals surface area contributed by atoms with E-state index in [-0.39, 0.29) is 11.9 Å². The van der Waals surface area contributed by atoms with Gasteiger partial charge in [0.1, 0.15) is 0 Å². The minimum atomic E-state index is -0.117. The molecule has 5 nitrogen and oxygen atoms in total. The van der Waals surface area contributed by atoms with Crippen LogP contribution in [0.3, 0.4) is 0 Å². The van der Waals surface area contributed by atoms with Crippen molar-refractivity contribution in [2.45, 2.75) is 44.8 Å². The van der Waals surface area contributed by atoms with E-state index in [1.165, 1.54) is 31.2 Å². The number of carbonyl (C=O) groups excluding carboxylic acids is 1. The number of amides is 1. The number of nitrogens with one attached hydrogen (secondary N) is 1. The zero-order valence-electron chi connectivity index (χ0n) is 19.9. The van der Waals surface area contributed by atoms with Gasteiger partial charge in [-0.05, 0) is 61.3 Å². The molecular formula is C29H31ClN4O. The minimum Gasteiger partial charge on any atom is -0.348 e. The molecular weight excluding hydrogens is 456 g/mol. The fraction of sp³-hybridized carbons (Fsp3) is 0.310. The maximum absolute atomic E-state index is 12.8. The van der Waals surface area contributed by atoms with Gasteiger partial charge in [0.25, 0.3) is 5.91 Å². The van der Waals surface area contributed by atoms with Crippen molar-refractivity contribution in [3.63, 3.8) is 0 Å². The van der Waals surface area contributed by atoms with Crippen LogP contribution in [0.4, 0.5) is 0 Å². The van der Waals surface area contributed by atoms with Gasteiger partial charge >= 0.3 is 0 Å². The first-order valence-electron chi connectivity index (χ1n) is 12.4. The molecule has 1 N–H and O–H groups in total. The van der Waals surface area contributed by atoms with Crippen molar-refractivity contribution < 1.29 is 4.79 Å². The molecule has 5 rings (SSSR count). The summed E-state index contributed by atoms with van der Waals surface area (Å²) in [4.78, 5) is 15.4. The van der Waals surface area contributed by atoms with Crippen molar-refractivity contribution in [3.05, 3.63) is 101 Å². The lowest BCUT2D eigenvalue weighted by molar-refractivity contribution is 0.0951. The Bertz CT molecular complexity index is 1280. The van der Waals surface area contributed by atoms with Gasteiger partial charge in [0.15, 0.2) is 0 Å². The molecule has 0 spiro atoms. The van der Waals surface area contributed by atoms with E-state index in [1.807, 2.05) is 47.1 Å². The topological polar surface area (TPSA) is 50.2 Å². The van der Waals surface area contributed by atoms with Crippen LogP contribution in [0.1, 0.15) is 53.2 Å². The molecule has 35 heavy (non-hydrogen) atoms. The maximum Gasteiger partial charge on any atom is 0.251 e. The first kappa shape index (κ1) is 23.6. The molecule has 180 valence electrons. The highest BCUT2D eigenvalue weighted by molar-refractivity contribution is 6.30. The Hall–Kier alpha value is -3.15. The molecule has 4 aromatic rings. The summed E-state index contributed by atoms with van der Waals surface area (Å²) < 4.78 is 2.04. The van der Waals surface area contributed by atoms with Gasteiger partial charge in [-0.25, -0.2) is 0 Å². The van der Waals surface area contributed by atoms with Crippen LogP contribution in [0, 0.1) is 0 Å². The first-order valence-corrected chi connectivity index (χ1v) is 12.8. The monoisotopic (exact) mass is 486 g/mol. The molecule has 1 aliphatic rings. The van der Waals surface area contributed by atoms with Gasteiger partial charge in [0.2, 0.25) is 0 Å². The second-order valence-electron chi connectivity index (χ2n) is 9.31. The van der Waals surface area contributed by atoms with Crippen molar-refractivity contribution >= 4 is 28.4 Å². The van der Waals surface area contributed by atoms with Gasteiger partial charge < -0.3 is 5.32 Å². The van der Waals surface area contributed by atoms with E-state index in [4.69, 9.17) is 16.7 Å². The van der Waals surface area contributed by atoms with Gasteiger partial charge in [-0.3, -0.25) is 14.4 Å². The molecule has 1 fully saturated rings. The van der Waals surface area contributed by atoms with Gasteiger partial charge in [0, 0.05) is 28.7 Å². The molecule has 6 heteroatoms. The van der Waals surface area contributed by atoms with E-state index in [0.717, 1.165) is 36.1 Å². The van der Waals surface area contributed by atoms with Crippen LogP contribution < -0.4 is 5.32 Å². The molecule has 1 amide bonds. The van der Waals surface area contributed by atoms with Crippen LogP contribution in [-0.4, -0.2) is 33.7 Å². The van der Waals surface area contributed by atoms with Gasteiger partial charge in [-0.15, -0.1) is 0 Å². The third kappa shape index (κ3) is 5.92. The van der Waals surface area contributed by atoms with Crippen LogP contribution in [-0.2, 0) is 13.1 Å². The number of halogens is 1. The lowest BCUT2D eigenvalue weighted by Crippen LogP contribution is -2.32. The number of benzene rings is 3. The van der Waals surface area contributed by atoms with Crippen LogP contribution in [0.2, 0.25) is 5.02 Å².